The maximum Gasteiger partial charge on any atom is 0.232 e. The van der Waals surface area contributed by atoms with Gasteiger partial charge in [0.2, 0.25) is 11.8 Å². The molecule has 3 aromatic rings. The first-order chi connectivity index (χ1) is 15.0. The molecule has 0 saturated carbocycles. The van der Waals surface area contributed by atoms with Crippen LogP contribution < -0.4 is 15.0 Å². The summed E-state index contributed by atoms with van der Waals surface area (Å²) < 4.78 is 6.00. The number of amides is 2. The summed E-state index contributed by atoms with van der Waals surface area (Å²) in [5.74, 6) is 0.845. The highest BCUT2D eigenvalue weighted by atomic mass is 16.5. The molecule has 3 aromatic carbocycles. The molecular formula is C26H24N2O3. The van der Waals surface area contributed by atoms with Crippen molar-refractivity contribution >= 4 is 17.5 Å². The lowest BCUT2D eigenvalue weighted by atomic mass is 9.87. The number of anilines is 1. The largest absolute Gasteiger partial charge is 0.457 e. The van der Waals surface area contributed by atoms with E-state index in [1.165, 1.54) is 5.56 Å². The van der Waals surface area contributed by atoms with E-state index in [0.717, 1.165) is 22.4 Å². The van der Waals surface area contributed by atoms with Crippen LogP contribution in [0, 0.1) is 13.8 Å². The van der Waals surface area contributed by atoms with Crippen molar-refractivity contribution in [3.8, 4) is 11.5 Å². The molecule has 0 aromatic heterocycles. The second kappa shape index (κ2) is 7.58. The van der Waals surface area contributed by atoms with Crippen molar-refractivity contribution < 1.29 is 14.3 Å². The van der Waals surface area contributed by atoms with Gasteiger partial charge in [-0.1, -0.05) is 42.5 Å². The molecule has 0 bridgehead atoms. The molecule has 0 spiro atoms. The maximum atomic E-state index is 13.4. The summed E-state index contributed by atoms with van der Waals surface area (Å²) in [6.45, 7) is 4.57. The highest BCUT2D eigenvalue weighted by molar-refractivity contribution is 5.97. The zero-order valence-electron chi connectivity index (χ0n) is 17.6. The van der Waals surface area contributed by atoms with Crippen LogP contribution in [-0.4, -0.2) is 24.4 Å². The molecule has 0 aliphatic carbocycles. The van der Waals surface area contributed by atoms with Crippen LogP contribution in [0.5, 0.6) is 11.5 Å². The van der Waals surface area contributed by atoms with Crippen LogP contribution in [0.25, 0.3) is 0 Å². The summed E-state index contributed by atoms with van der Waals surface area (Å²) in [5.41, 5.74) is 4.90. The number of hydrogen-bond acceptors (Lipinski definition) is 3. The Labute approximate surface area is 181 Å². The number of aryl methyl sites for hydroxylation is 2. The first-order valence-electron chi connectivity index (χ1n) is 10.5. The molecule has 1 atom stereocenters. The van der Waals surface area contributed by atoms with Crippen molar-refractivity contribution in [3.63, 3.8) is 0 Å². The molecule has 5 heteroatoms. The van der Waals surface area contributed by atoms with Crippen LogP contribution >= 0.6 is 0 Å². The highest BCUT2D eigenvalue weighted by Gasteiger charge is 2.36. The van der Waals surface area contributed by atoms with Gasteiger partial charge in [0, 0.05) is 29.8 Å². The van der Waals surface area contributed by atoms with Gasteiger partial charge in [-0.15, -0.1) is 0 Å². The minimum absolute atomic E-state index is 0.0290. The molecule has 2 heterocycles. The molecule has 0 radical (unpaired) electrons. The Kier molecular flexibility index (Phi) is 4.74. The van der Waals surface area contributed by atoms with Crippen molar-refractivity contribution in [2.75, 3.05) is 11.4 Å². The van der Waals surface area contributed by atoms with Gasteiger partial charge in [0.15, 0.2) is 0 Å². The van der Waals surface area contributed by atoms with Crippen LogP contribution in [0.2, 0.25) is 0 Å². The summed E-state index contributed by atoms with van der Waals surface area (Å²) in [6, 6.07) is 21.0. The van der Waals surface area contributed by atoms with Crippen LogP contribution in [0.3, 0.4) is 0 Å². The Morgan fingerprint density at radius 2 is 1.58 bits per heavy atom. The number of hydrogen-bond donors (Lipinski definition) is 1. The van der Waals surface area contributed by atoms with Gasteiger partial charge < -0.3 is 15.0 Å². The lowest BCUT2D eigenvalue weighted by molar-refractivity contribution is -0.122. The number of ether oxygens (including phenoxy) is 1. The number of carbonyl (C=O) groups excluding carboxylic acids is 2. The number of benzene rings is 3. The third kappa shape index (κ3) is 3.46. The van der Waals surface area contributed by atoms with Crippen LogP contribution in [0.1, 0.15) is 34.6 Å². The third-order valence-electron chi connectivity index (χ3n) is 6.22. The maximum absolute atomic E-state index is 13.4. The fourth-order valence-electron chi connectivity index (χ4n) is 4.42. The molecule has 5 nitrogen and oxygen atoms in total. The van der Waals surface area contributed by atoms with Gasteiger partial charge in [-0.3, -0.25) is 9.59 Å². The van der Waals surface area contributed by atoms with E-state index in [1.807, 2.05) is 73.7 Å². The van der Waals surface area contributed by atoms with Crippen molar-refractivity contribution in [1.82, 2.24) is 5.32 Å². The molecule has 0 unspecified atom stereocenters. The van der Waals surface area contributed by atoms with Crippen LogP contribution in [0.4, 0.5) is 5.69 Å². The predicted molar refractivity (Wildman–Crippen MR) is 120 cm³/mol. The van der Waals surface area contributed by atoms with E-state index in [0.29, 0.717) is 24.5 Å². The Bertz CT molecular complexity index is 1140. The summed E-state index contributed by atoms with van der Waals surface area (Å²) in [5, 5.41) is 3.13. The molecule has 5 rings (SSSR count). The zero-order valence-corrected chi connectivity index (χ0v) is 17.6. The number of rotatable bonds is 3. The molecule has 2 amide bonds. The van der Waals surface area contributed by atoms with E-state index in [1.54, 1.807) is 4.90 Å². The smallest absolute Gasteiger partial charge is 0.232 e. The molecule has 1 fully saturated rings. The number of para-hydroxylation sites is 2. The molecule has 156 valence electrons. The first kappa shape index (κ1) is 19.4. The predicted octanol–water partition coefficient (Wildman–Crippen LogP) is 4.46. The van der Waals surface area contributed by atoms with E-state index in [2.05, 4.69) is 12.2 Å². The van der Waals surface area contributed by atoms with Gasteiger partial charge in [-0.25, -0.2) is 0 Å². The monoisotopic (exact) mass is 412 g/mol. The van der Waals surface area contributed by atoms with Crippen molar-refractivity contribution in [3.05, 3.63) is 89.0 Å². The van der Waals surface area contributed by atoms with Crippen molar-refractivity contribution in [2.45, 2.75) is 32.2 Å². The lowest BCUT2D eigenvalue weighted by Crippen LogP contribution is -2.40. The van der Waals surface area contributed by atoms with Gasteiger partial charge in [0.25, 0.3) is 0 Å². The zero-order chi connectivity index (χ0) is 21.5. The average Bonchev–Trinajstić information content (AvgIpc) is 3.13. The fraction of sp³-hybridized carbons (Fsp3) is 0.231. The molecule has 2 aliphatic rings. The number of nitrogens with one attached hydrogen (secondary N) is 1. The van der Waals surface area contributed by atoms with Gasteiger partial charge in [0.1, 0.15) is 11.5 Å². The quantitative estimate of drug-likeness (QED) is 0.691. The second-order valence-corrected chi connectivity index (χ2v) is 8.29. The van der Waals surface area contributed by atoms with E-state index in [4.69, 9.17) is 4.74 Å². The van der Waals surface area contributed by atoms with Crippen molar-refractivity contribution in [1.29, 1.82) is 0 Å². The number of fused-ring (bicyclic) bond motifs is 2. The minimum atomic E-state index is -0.466. The Morgan fingerprint density at radius 1 is 0.935 bits per heavy atom. The summed E-state index contributed by atoms with van der Waals surface area (Å²) in [4.78, 5) is 27.9. The fourth-order valence-corrected chi connectivity index (χ4v) is 4.42. The SMILES string of the molecule is Cc1ccc(N2C[C@H](NC(=O)C3c4ccccc4Oc4ccccc43)CC2=O)cc1C. The Morgan fingerprint density at radius 3 is 2.23 bits per heavy atom. The van der Waals surface area contributed by atoms with E-state index in [-0.39, 0.29) is 17.9 Å². The summed E-state index contributed by atoms with van der Waals surface area (Å²) in [7, 11) is 0. The van der Waals surface area contributed by atoms with Crippen molar-refractivity contribution in [2.24, 2.45) is 0 Å². The number of nitrogens with zero attached hydrogens (tertiary/aromatic N) is 1. The molecule has 31 heavy (non-hydrogen) atoms. The van der Waals surface area contributed by atoms with E-state index < -0.39 is 5.92 Å². The molecular weight excluding hydrogens is 388 g/mol. The molecule has 1 N–H and O–H groups in total. The second-order valence-electron chi connectivity index (χ2n) is 8.29. The van der Waals surface area contributed by atoms with E-state index in [9.17, 15) is 9.59 Å². The Balaban J connectivity index is 1.39. The normalized spacial score (nSPS) is 17.7. The Hall–Kier alpha value is -3.60. The topological polar surface area (TPSA) is 58.6 Å². The highest BCUT2D eigenvalue weighted by Crippen LogP contribution is 2.44. The lowest BCUT2D eigenvalue weighted by Gasteiger charge is -2.28. The first-order valence-corrected chi connectivity index (χ1v) is 10.5. The minimum Gasteiger partial charge on any atom is -0.457 e. The van der Waals surface area contributed by atoms with E-state index >= 15 is 0 Å². The van der Waals surface area contributed by atoms with Gasteiger partial charge >= 0.3 is 0 Å². The standard InChI is InChI=1S/C26H24N2O3/c1-16-11-12-19(13-17(16)2)28-15-18(14-24(28)29)27-26(30)25-20-7-3-5-9-22(20)31-23-10-6-4-8-21(23)25/h3-13,18,25H,14-15H2,1-2H3,(H,27,30)/t18-/m1/s1. The average molecular weight is 412 g/mol. The van der Waals surface area contributed by atoms with Crippen LogP contribution in [0.15, 0.2) is 66.7 Å². The van der Waals surface area contributed by atoms with Gasteiger partial charge in [-0.05, 0) is 49.2 Å². The van der Waals surface area contributed by atoms with Gasteiger partial charge in [0.05, 0.1) is 12.0 Å². The van der Waals surface area contributed by atoms with Crippen LogP contribution in [-0.2, 0) is 9.59 Å². The van der Waals surface area contributed by atoms with Gasteiger partial charge in [-0.2, -0.15) is 0 Å². The molecule has 1 saturated heterocycles. The number of carbonyl (C=O) groups is 2. The summed E-state index contributed by atoms with van der Waals surface area (Å²) in [6.07, 6.45) is 0.297. The third-order valence-corrected chi connectivity index (χ3v) is 6.22. The summed E-state index contributed by atoms with van der Waals surface area (Å²) >= 11 is 0. The molecule has 2 aliphatic heterocycles.